The van der Waals surface area contributed by atoms with E-state index >= 15 is 0 Å². The summed E-state index contributed by atoms with van der Waals surface area (Å²) < 4.78 is 2.17. The third-order valence-corrected chi connectivity index (χ3v) is 5.65. The number of hydrogen-bond donors (Lipinski definition) is 1. The van der Waals surface area contributed by atoms with Crippen LogP contribution in [0.25, 0.3) is 17.1 Å². The number of benzene rings is 2. The first-order valence-electron chi connectivity index (χ1n) is 10.4. The minimum atomic E-state index is -0.440. The van der Waals surface area contributed by atoms with Crippen LogP contribution in [0.1, 0.15) is 23.4 Å². The number of aromatic nitrogens is 2. The number of primary amides is 1. The van der Waals surface area contributed by atoms with Crippen molar-refractivity contribution in [3.05, 3.63) is 65.5 Å². The van der Waals surface area contributed by atoms with Gasteiger partial charge in [-0.2, -0.15) is 0 Å². The van der Waals surface area contributed by atoms with Crippen LogP contribution in [0.5, 0.6) is 0 Å². The Balaban J connectivity index is 1.65. The van der Waals surface area contributed by atoms with Gasteiger partial charge in [-0.1, -0.05) is 24.3 Å². The van der Waals surface area contributed by atoms with Crippen LogP contribution in [-0.4, -0.2) is 40.3 Å². The maximum atomic E-state index is 10.8. The summed E-state index contributed by atoms with van der Waals surface area (Å²) in [6, 6.07) is 14.5. The number of nitrogens with zero attached hydrogens (tertiary/aromatic N) is 3. The molecular formula is C24H28Cl2N4O. The number of amides is 1. The summed E-state index contributed by atoms with van der Waals surface area (Å²) in [4.78, 5) is 17.9. The molecule has 0 spiro atoms. The highest BCUT2D eigenvalue weighted by Crippen LogP contribution is 2.23. The van der Waals surface area contributed by atoms with Crippen molar-refractivity contribution in [2.24, 2.45) is 12.8 Å². The summed E-state index contributed by atoms with van der Waals surface area (Å²) in [7, 11) is 2.07. The van der Waals surface area contributed by atoms with Crippen LogP contribution in [0.2, 0.25) is 0 Å². The zero-order valence-electron chi connectivity index (χ0n) is 17.7. The number of hydrogen-bond acceptors (Lipinski definition) is 3. The van der Waals surface area contributed by atoms with E-state index in [4.69, 9.17) is 33.9 Å². The molecule has 0 atom stereocenters. The monoisotopic (exact) mass is 458 g/mol. The highest BCUT2D eigenvalue weighted by molar-refractivity contribution is 6.18. The number of rotatable bonds is 11. The summed E-state index contributed by atoms with van der Waals surface area (Å²) in [5.74, 6) is 1.76. The van der Waals surface area contributed by atoms with E-state index in [9.17, 15) is 4.79 Å². The lowest BCUT2D eigenvalue weighted by Gasteiger charge is -2.22. The number of nitrogens with two attached hydrogens (primary N) is 1. The third-order valence-electron chi connectivity index (χ3n) is 5.32. The van der Waals surface area contributed by atoms with E-state index in [0.29, 0.717) is 11.8 Å². The Morgan fingerprint density at radius 3 is 2.45 bits per heavy atom. The van der Waals surface area contributed by atoms with Gasteiger partial charge >= 0.3 is 0 Å². The number of carbonyl (C=O) groups is 1. The fourth-order valence-corrected chi connectivity index (χ4v) is 4.06. The molecule has 164 valence electrons. The van der Waals surface area contributed by atoms with E-state index in [1.807, 2.05) is 12.1 Å². The fraction of sp³-hybridized carbons (Fsp3) is 0.333. The van der Waals surface area contributed by atoms with Gasteiger partial charge in [0.05, 0.1) is 11.0 Å². The Morgan fingerprint density at radius 1 is 1.10 bits per heavy atom. The quantitative estimate of drug-likeness (QED) is 0.339. The van der Waals surface area contributed by atoms with Crippen LogP contribution in [0, 0.1) is 0 Å². The minimum absolute atomic E-state index is 0.440. The normalized spacial score (nSPS) is 11.5. The molecule has 2 N–H and O–H groups in total. The maximum Gasteiger partial charge on any atom is 0.241 e. The van der Waals surface area contributed by atoms with Crippen LogP contribution in [0.3, 0.4) is 0 Å². The first-order chi connectivity index (χ1) is 15.0. The predicted octanol–water partition coefficient (Wildman–Crippen LogP) is 4.53. The highest BCUT2D eigenvalue weighted by atomic mass is 35.5. The molecule has 0 aliphatic rings. The molecule has 0 unspecified atom stereocenters. The molecule has 2 aromatic carbocycles. The Bertz CT molecular complexity index is 1040. The van der Waals surface area contributed by atoms with Crippen molar-refractivity contribution >= 4 is 51.9 Å². The maximum absolute atomic E-state index is 10.8. The molecule has 5 nitrogen and oxygen atoms in total. The molecular weight excluding hydrogens is 431 g/mol. The van der Waals surface area contributed by atoms with Crippen molar-refractivity contribution < 1.29 is 4.79 Å². The van der Waals surface area contributed by atoms with Crippen molar-refractivity contribution in [2.45, 2.75) is 19.3 Å². The first-order valence-corrected chi connectivity index (χ1v) is 11.5. The lowest BCUT2D eigenvalue weighted by Crippen LogP contribution is -2.27. The van der Waals surface area contributed by atoms with E-state index in [1.165, 1.54) is 11.6 Å². The Hall–Kier alpha value is -2.50. The topological polar surface area (TPSA) is 64.1 Å². The number of anilines is 1. The Morgan fingerprint density at radius 2 is 1.81 bits per heavy atom. The lowest BCUT2D eigenvalue weighted by atomic mass is 10.1. The molecule has 3 rings (SSSR count). The van der Waals surface area contributed by atoms with Crippen molar-refractivity contribution in [1.29, 1.82) is 0 Å². The molecule has 0 bridgehead atoms. The average molecular weight is 459 g/mol. The first kappa shape index (κ1) is 23.2. The van der Waals surface area contributed by atoms with Gasteiger partial charge in [0.15, 0.2) is 0 Å². The summed E-state index contributed by atoms with van der Waals surface area (Å²) in [5.41, 5.74) is 10.6. The standard InChI is InChI=1S/C24H28Cl2N4O/c1-29-22-11-10-20(30(15-13-25)16-14-26)17-21(22)28-24(29)4-2-3-18-5-7-19(8-6-18)9-12-23(27)31/h5-12,17H,2-4,13-16H2,1H3,(H2,27,31)/b12-9+. The van der Waals surface area contributed by atoms with Gasteiger partial charge < -0.3 is 15.2 Å². The van der Waals surface area contributed by atoms with E-state index < -0.39 is 5.91 Å². The lowest BCUT2D eigenvalue weighted by molar-refractivity contribution is -0.113. The van der Waals surface area contributed by atoms with Crippen LogP contribution in [-0.2, 0) is 24.7 Å². The number of halogens is 2. The van der Waals surface area contributed by atoms with E-state index in [0.717, 1.165) is 60.5 Å². The van der Waals surface area contributed by atoms with Crippen molar-refractivity contribution in [2.75, 3.05) is 29.7 Å². The molecule has 3 aromatic rings. The molecule has 1 heterocycles. The largest absolute Gasteiger partial charge is 0.369 e. The second-order valence-corrected chi connectivity index (χ2v) is 8.21. The van der Waals surface area contributed by atoms with Crippen molar-refractivity contribution in [3.8, 4) is 0 Å². The van der Waals surface area contributed by atoms with Gasteiger partial charge in [-0.25, -0.2) is 4.98 Å². The molecule has 0 radical (unpaired) electrons. The van der Waals surface area contributed by atoms with E-state index in [2.05, 4.69) is 46.8 Å². The smallest absolute Gasteiger partial charge is 0.241 e. The highest BCUT2D eigenvalue weighted by Gasteiger charge is 2.11. The van der Waals surface area contributed by atoms with Gasteiger partial charge in [-0.15, -0.1) is 23.2 Å². The summed E-state index contributed by atoms with van der Waals surface area (Å²) >= 11 is 11.9. The summed E-state index contributed by atoms with van der Waals surface area (Å²) in [6.45, 7) is 1.52. The number of imidazole rings is 1. The zero-order chi connectivity index (χ0) is 22.2. The van der Waals surface area contributed by atoms with Gasteiger partial charge in [-0.3, -0.25) is 4.79 Å². The fourth-order valence-electron chi connectivity index (χ4n) is 3.66. The van der Waals surface area contributed by atoms with Crippen LogP contribution in [0.4, 0.5) is 5.69 Å². The summed E-state index contributed by atoms with van der Waals surface area (Å²) in [5, 5.41) is 0. The summed E-state index contributed by atoms with van der Waals surface area (Å²) in [6.07, 6.45) is 5.97. The third kappa shape index (κ3) is 6.25. The second kappa shape index (κ2) is 11.2. The van der Waals surface area contributed by atoms with Gasteiger partial charge in [0, 0.05) is 50.1 Å². The number of alkyl halides is 2. The number of aryl methyl sites for hydroxylation is 3. The van der Waals surface area contributed by atoms with Gasteiger partial charge in [0.2, 0.25) is 5.91 Å². The molecule has 0 aliphatic carbocycles. The van der Waals surface area contributed by atoms with Crippen molar-refractivity contribution in [1.82, 2.24) is 9.55 Å². The molecule has 7 heteroatoms. The zero-order valence-corrected chi connectivity index (χ0v) is 19.2. The average Bonchev–Trinajstić information content (AvgIpc) is 3.08. The van der Waals surface area contributed by atoms with Crippen LogP contribution < -0.4 is 10.6 Å². The Labute approximate surface area is 193 Å². The Kier molecular flexibility index (Phi) is 8.38. The van der Waals surface area contributed by atoms with E-state index in [1.54, 1.807) is 6.08 Å². The molecule has 0 saturated heterocycles. The number of carbonyl (C=O) groups excluding carboxylic acids is 1. The molecule has 1 amide bonds. The second-order valence-electron chi connectivity index (χ2n) is 7.46. The molecule has 31 heavy (non-hydrogen) atoms. The van der Waals surface area contributed by atoms with Gasteiger partial charge in [0.25, 0.3) is 0 Å². The van der Waals surface area contributed by atoms with Gasteiger partial charge in [-0.05, 0) is 48.2 Å². The van der Waals surface area contributed by atoms with Crippen molar-refractivity contribution in [3.63, 3.8) is 0 Å². The predicted molar refractivity (Wildman–Crippen MR) is 131 cm³/mol. The van der Waals surface area contributed by atoms with E-state index in [-0.39, 0.29) is 0 Å². The molecule has 1 aromatic heterocycles. The van der Waals surface area contributed by atoms with Crippen LogP contribution >= 0.6 is 23.2 Å². The molecule has 0 fully saturated rings. The minimum Gasteiger partial charge on any atom is -0.369 e. The van der Waals surface area contributed by atoms with Crippen LogP contribution in [0.15, 0.2) is 48.5 Å². The number of fused-ring (bicyclic) bond motifs is 1. The molecule has 0 aliphatic heterocycles. The SMILES string of the molecule is Cn1c(CCCc2ccc(/C=C/C(N)=O)cc2)nc2cc(N(CCCl)CCCl)ccc21. The van der Waals surface area contributed by atoms with Gasteiger partial charge in [0.1, 0.15) is 5.82 Å². The molecule has 0 saturated carbocycles.